The highest BCUT2D eigenvalue weighted by Gasteiger charge is 2.18. The number of H-pyrrole nitrogens is 1. The number of nitrogen functional groups attached to an aromatic ring is 1. The third-order valence-electron chi connectivity index (χ3n) is 2.87. The number of nitrogens with one attached hydrogen (secondary N) is 1. The topological polar surface area (TPSA) is 144 Å². The van der Waals surface area contributed by atoms with Crippen molar-refractivity contribution in [3.8, 4) is 23.3 Å². The molecule has 1 aromatic heterocycles. The number of benzene rings is 1. The fourth-order valence-corrected chi connectivity index (χ4v) is 1.94. The number of carbonyl (C=O) groups is 1. The van der Waals surface area contributed by atoms with Gasteiger partial charge in [0.05, 0.1) is 5.56 Å². The summed E-state index contributed by atoms with van der Waals surface area (Å²) in [5.41, 5.74) is 4.76. The summed E-state index contributed by atoms with van der Waals surface area (Å²) in [4.78, 5) is 25.0. The molecule has 4 N–H and O–H groups in total. The average molecular weight is 280 g/mol. The zero-order valence-electron chi connectivity index (χ0n) is 10.5. The van der Waals surface area contributed by atoms with Gasteiger partial charge >= 0.3 is 5.97 Å². The van der Waals surface area contributed by atoms with E-state index in [1.165, 1.54) is 24.3 Å². The van der Waals surface area contributed by atoms with Crippen LogP contribution in [0, 0.1) is 22.7 Å². The normalized spacial score (nSPS) is 9.62. The average Bonchev–Trinajstić information content (AvgIpc) is 2.46. The second kappa shape index (κ2) is 5.19. The number of pyridine rings is 1. The molecule has 0 spiro atoms. The van der Waals surface area contributed by atoms with Crippen molar-refractivity contribution in [3.63, 3.8) is 0 Å². The molecule has 0 fully saturated rings. The number of carboxylic acid groups (broad SMARTS) is 1. The van der Waals surface area contributed by atoms with Gasteiger partial charge in [-0.05, 0) is 17.7 Å². The first-order valence-electron chi connectivity index (χ1n) is 5.69. The molecule has 21 heavy (non-hydrogen) atoms. The fraction of sp³-hybridized carbons (Fsp3) is 0. The number of aromatic amines is 1. The van der Waals surface area contributed by atoms with Crippen LogP contribution >= 0.6 is 0 Å². The lowest BCUT2D eigenvalue weighted by atomic mass is 9.95. The molecular formula is C14H8N4O3. The van der Waals surface area contributed by atoms with Crippen LogP contribution in [0.3, 0.4) is 0 Å². The van der Waals surface area contributed by atoms with Gasteiger partial charge in [0.2, 0.25) is 0 Å². The molecule has 0 aliphatic heterocycles. The van der Waals surface area contributed by atoms with Gasteiger partial charge in [-0.2, -0.15) is 10.5 Å². The first-order valence-corrected chi connectivity index (χ1v) is 5.69. The van der Waals surface area contributed by atoms with Crippen LogP contribution in [0.15, 0.2) is 29.1 Å². The molecule has 0 saturated heterocycles. The second-order valence-electron chi connectivity index (χ2n) is 4.10. The van der Waals surface area contributed by atoms with Crippen molar-refractivity contribution in [1.82, 2.24) is 4.98 Å². The third-order valence-corrected chi connectivity index (χ3v) is 2.87. The number of hydrogen-bond acceptors (Lipinski definition) is 5. The van der Waals surface area contributed by atoms with Gasteiger partial charge in [-0.3, -0.25) is 4.79 Å². The molecule has 0 unspecified atom stereocenters. The van der Waals surface area contributed by atoms with Gasteiger partial charge in [0.25, 0.3) is 5.56 Å². The Bertz CT molecular complexity index is 885. The minimum Gasteiger partial charge on any atom is -0.478 e. The lowest BCUT2D eigenvalue weighted by Crippen LogP contribution is -2.16. The summed E-state index contributed by atoms with van der Waals surface area (Å²) in [6, 6.07) is 9.13. The molecule has 102 valence electrons. The number of carboxylic acids is 1. The van der Waals surface area contributed by atoms with E-state index in [4.69, 9.17) is 16.1 Å². The molecule has 1 aromatic carbocycles. The van der Waals surface area contributed by atoms with Crippen molar-refractivity contribution in [2.45, 2.75) is 0 Å². The third kappa shape index (κ3) is 2.31. The lowest BCUT2D eigenvalue weighted by Gasteiger charge is -2.09. The van der Waals surface area contributed by atoms with E-state index in [0.717, 1.165) is 0 Å². The van der Waals surface area contributed by atoms with Crippen LogP contribution in [0.5, 0.6) is 0 Å². The number of nitrogens with zero attached hydrogens (tertiary/aromatic N) is 2. The maximum Gasteiger partial charge on any atom is 0.335 e. The van der Waals surface area contributed by atoms with Gasteiger partial charge in [0, 0.05) is 5.56 Å². The fourth-order valence-electron chi connectivity index (χ4n) is 1.94. The minimum absolute atomic E-state index is 0.0286. The largest absolute Gasteiger partial charge is 0.478 e. The summed E-state index contributed by atoms with van der Waals surface area (Å²) in [6.07, 6.45) is 0. The smallest absolute Gasteiger partial charge is 0.335 e. The van der Waals surface area contributed by atoms with Crippen LogP contribution in [0.2, 0.25) is 0 Å². The number of aromatic carboxylic acids is 1. The van der Waals surface area contributed by atoms with Gasteiger partial charge in [-0.1, -0.05) is 12.1 Å². The standard InChI is InChI=1S/C14H8N4O3/c15-5-9-11(10(6-16)13(19)18-12(9)17)7-2-1-3-8(4-7)14(20)21/h1-4H,(H,20,21)(H3,17,18,19). The zero-order chi connectivity index (χ0) is 15.6. The maximum absolute atomic E-state index is 11.8. The number of hydrogen-bond donors (Lipinski definition) is 3. The molecule has 0 aliphatic rings. The Morgan fingerprint density at radius 3 is 2.48 bits per heavy atom. The monoisotopic (exact) mass is 280 g/mol. The minimum atomic E-state index is -1.16. The van der Waals surface area contributed by atoms with Crippen LogP contribution < -0.4 is 11.3 Å². The number of aromatic nitrogens is 1. The summed E-state index contributed by atoms with van der Waals surface area (Å²) in [6.45, 7) is 0. The Labute approximate surface area is 118 Å². The van der Waals surface area contributed by atoms with E-state index in [-0.39, 0.29) is 33.6 Å². The Kier molecular flexibility index (Phi) is 3.42. The Balaban J connectivity index is 2.90. The van der Waals surface area contributed by atoms with E-state index >= 15 is 0 Å². The van der Waals surface area contributed by atoms with E-state index in [1.54, 1.807) is 6.07 Å². The molecule has 0 amide bonds. The second-order valence-corrected chi connectivity index (χ2v) is 4.10. The Hall–Kier alpha value is -3.58. The quantitative estimate of drug-likeness (QED) is 0.750. The molecule has 7 nitrogen and oxygen atoms in total. The molecular weight excluding hydrogens is 272 g/mol. The predicted molar refractivity (Wildman–Crippen MR) is 73.3 cm³/mol. The van der Waals surface area contributed by atoms with E-state index < -0.39 is 11.5 Å². The zero-order valence-corrected chi connectivity index (χ0v) is 10.5. The van der Waals surface area contributed by atoms with Crippen LogP contribution in [-0.2, 0) is 0 Å². The number of nitrogens with two attached hydrogens (primary N) is 1. The lowest BCUT2D eigenvalue weighted by molar-refractivity contribution is 0.0697. The molecule has 0 saturated carbocycles. The molecule has 0 atom stereocenters. The summed E-state index contributed by atoms with van der Waals surface area (Å²) < 4.78 is 0. The van der Waals surface area contributed by atoms with Gasteiger partial charge in [-0.25, -0.2) is 4.79 Å². The maximum atomic E-state index is 11.8. The highest BCUT2D eigenvalue weighted by molar-refractivity contribution is 5.90. The van der Waals surface area contributed by atoms with Gasteiger partial charge in [-0.15, -0.1) is 0 Å². The summed E-state index contributed by atoms with van der Waals surface area (Å²) in [5, 5.41) is 27.3. The van der Waals surface area contributed by atoms with Crippen molar-refractivity contribution in [2.24, 2.45) is 0 Å². The SMILES string of the molecule is N#Cc1c(N)[nH]c(=O)c(C#N)c1-c1cccc(C(=O)O)c1. The van der Waals surface area contributed by atoms with E-state index in [2.05, 4.69) is 4.98 Å². The van der Waals surface area contributed by atoms with Crippen LogP contribution in [0.4, 0.5) is 5.82 Å². The van der Waals surface area contributed by atoms with Crippen molar-refractivity contribution < 1.29 is 9.90 Å². The van der Waals surface area contributed by atoms with Gasteiger partial charge in [0.1, 0.15) is 29.1 Å². The Morgan fingerprint density at radius 2 is 1.90 bits per heavy atom. The number of rotatable bonds is 2. The highest BCUT2D eigenvalue weighted by atomic mass is 16.4. The van der Waals surface area contributed by atoms with Crippen molar-refractivity contribution in [2.75, 3.05) is 5.73 Å². The summed E-state index contributed by atoms with van der Waals surface area (Å²) in [5.74, 6) is -1.33. The van der Waals surface area contributed by atoms with Crippen molar-refractivity contribution in [3.05, 3.63) is 51.3 Å². The van der Waals surface area contributed by atoms with Gasteiger partial charge in [0.15, 0.2) is 0 Å². The summed E-state index contributed by atoms with van der Waals surface area (Å²) in [7, 11) is 0. The van der Waals surface area contributed by atoms with Crippen molar-refractivity contribution in [1.29, 1.82) is 10.5 Å². The summed E-state index contributed by atoms with van der Waals surface area (Å²) >= 11 is 0. The first kappa shape index (κ1) is 13.8. The molecule has 0 radical (unpaired) electrons. The predicted octanol–water partition coefficient (Wildman–Crippen LogP) is 1.07. The van der Waals surface area contributed by atoms with E-state index in [9.17, 15) is 14.9 Å². The highest BCUT2D eigenvalue weighted by Crippen LogP contribution is 2.28. The molecule has 0 aliphatic carbocycles. The molecule has 2 aromatic rings. The molecule has 0 bridgehead atoms. The molecule has 2 rings (SSSR count). The van der Waals surface area contributed by atoms with Crippen molar-refractivity contribution >= 4 is 11.8 Å². The van der Waals surface area contributed by atoms with E-state index in [0.29, 0.717) is 0 Å². The number of nitriles is 2. The van der Waals surface area contributed by atoms with Crippen LogP contribution in [-0.4, -0.2) is 16.1 Å². The van der Waals surface area contributed by atoms with Gasteiger partial charge < -0.3 is 15.8 Å². The van der Waals surface area contributed by atoms with Crippen LogP contribution in [0.1, 0.15) is 21.5 Å². The molecule has 1 heterocycles. The van der Waals surface area contributed by atoms with Crippen LogP contribution in [0.25, 0.3) is 11.1 Å². The molecule has 7 heteroatoms. The Morgan fingerprint density at radius 1 is 1.24 bits per heavy atom. The first-order chi connectivity index (χ1) is 9.99. The number of anilines is 1. The van der Waals surface area contributed by atoms with E-state index in [1.807, 2.05) is 6.07 Å².